The zero-order valence-electron chi connectivity index (χ0n) is 23.9. The number of halogens is 2. The summed E-state index contributed by atoms with van der Waals surface area (Å²) in [6, 6.07) is 20.1. The van der Waals surface area contributed by atoms with Crippen LogP contribution in [0.5, 0.6) is 0 Å². The van der Waals surface area contributed by atoms with Gasteiger partial charge in [-0.05, 0) is 85.8 Å². The Kier molecular flexibility index (Phi) is 9.43. The second-order valence-corrected chi connectivity index (χ2v) is 13.3. The van der Waals surface area contributed by atoms with Crippen LogP contribution in [-0.2, 0) is 29.1 Å². The summed E-state index contributed by atoms with van der Waals surface area (Å²) in [5.41, 5.74) is 4.36. The molecule has 1 saturated heterocycles. The molecule has 2 N–H and O–H groups in total. The highest BCUT2D eigenvalue weighted by atomic mass is 35.5. The molecule has 10 heteroatoms. The van der Waals surface area contributed by atoms with E-state index in [1.165, 1.54) is 23.8 Å². The first kappa shape index (κ1) is 29.8. The van der Waals surface area contributed by atoms with Gasteiger partial charge in [-0.25, -0.2) is 4.39 Å². The molecular weight excluding hydrogens is 587 g/mol. The number of nitrogens with zero attached hydrogens (tertiary/aromatic N) is 2. The van der Waals surface area contributed by atoms with Crippen molar-refractivity contribution in [2.75, 3.05) is 42.4 Å². The largest absolute Gasteiger partial charge is 0.592 e. The summed E-state index contributed by atoms with van der Waals surface area (Å²) >= 11 is 4.88. The van der Waals surface area contributed by atoms with Gasteiger partial charge in [-0.1, -0.05) is 41.9 Å². The van der Waals surface area contributed by atoms with Crippen LogP contribution in [0.25, 0.3) is 0 Å². The van der Waals surface area contributed by atoms with Crippen molar-refractivity contribution in [2.24, 2.45) is 5.92 Å². The minimum atomic E-state index is -1.53. The highest BCUT2D eigenvalue weighted by molar-refractivity contribution is 7.93. The Morgan fingerprint density at radius 3 is 2.72 bits per heavy atom. The maximum atomic E-state index is 14.1. The molecule has 3 heterocycles. The summed E-state index contributed by atoms with van der Waals surface area (Å²) in [6.07, 6.45) is 5.61. The fraction of sp³-hybridized carbons (Fsp3) is 0.364. The highest BCUT2D eigenvalue weighted by Crippen LogP contribution is 2.40. The van der Waals surface area contributed by atoms with E-state index in [1.807, 2.05) is 6.07 Å². The molecule has 3 aliphatic heterocycles. The first-order valence-electron chi connectivity index (χ1n) is 14.8. The molecular formula is C33H36ClFN4O3S. The number of nitrogens with one attached hydrogen (secondary N) is 2. The lowest BCUT2D eigenvalue weighted by Crippen LogP contribution is -2.40. The van der Waals surface area contributed by atoms with E-state index in [9.17, 15) is 13.7 Å². The lowest BCUT2D eigenvalue weighted by molar-refractivity contribution is 0.0944. The predicted molar refractivity (Wildman–Crippen MR) is 170 cm³/mol. The predicted octanol–water partition coefficient (Wildman–Crippen LogP) is 5.89. The quantitative estimate of drug-likeness (QED) is 0.305. The number of piperidine rings is 1. The standard InChI is InChI=1S/C33H36ClFN4O3S/c34-28-8-7-27(35)19-26(28)21-39-31-20-25(6-9-29(31)37-30-22-42-17-12-32(30)43(39)41)33(40)36-13-16-38-14-10-24(11-15-38)18-23-4-2-1-3-5-23/h1-9,19-20,22,24,32,37H,10-18,21H2,(H,36,40)/t32-,43?/m1/s1. The van der Waals surface area contributed by atoms with Gasteiger partial charge in [0.25, 0.3) is 5.91 Å². The van der Waals surface area contributed by atoms with Gasteiger partial charge in [0, 0.05) is 30.1 Å². The fourth-order valence-corrected chi connectivity index (χ4v) is 7.75. The third-order valence-corrected chi connectivity index (χ3v) is 10.5. The van der Waals surface area contributed by atoms with Crippen molar-refractivity contribution in [1.82, 2.24) is 10.2 Å². The van der Waals surface area contributed by atoms with Crippen LogP contribution in [0, 0.1) is 11.7 Å². The van der Waals surface area contributed by atoms with Gasteiger partial charge < -0.3 is 24.8 Å². The average molecular weight is 623 g/mol. The summed E-state index contributed by atoms with van der Waals surface area (Å²) in [4.78, 5) is 15.7. The number of ether oxygens (including phenoxy) is 1. The third kappa shape index (κ3) is 7.12. The topological polar surface area (TPSA) is 79.9 Å². The molecule has 3 aromatic carbocycles. The molecule has 7 nitrogen and oxygen atoms in total. The summed E-state index contributed by atoms with van der Waals surface area (Å²) in [5, 5.41) is 6.48. The molecule has 0 radical (unpaired) electrons. The maximum absolute atomic E-state index is 14.1. The SMILES string of the molecule is O=C(NCCN1CCC(Cc2ccccc2)CC1)c1ccc2c(c1)N(Cc1cc(F)ccc1Cl)[S+]([O-])[C@@H]1CCOC=C1N2. The van der Waals surface area contributed by atoms with Crippen LogP contribution in [0.4, 0.5) is 15.8 Å². The number of amides is 1. The molecule has 1 amide bonds. The summed E-state index contributed by atoms with van der Waals surface area (Å²) < 4.78 is 35.3. The van der Waals surface area contributed by atoms with E-state index >= 15 is 0 Å². The molecule has 0 spiro atoms. The minimum Gasteiger partial charge on any atom is -0.592 e. The molecule has 1 fully saturated rings. The Morgan fingerprint density at radius 1 is 1.09 bits per heavy atom. The van der Waals surface area contributed by atoms with E-state index in [1.54, 1.807) is 22.7 Å². The van der Waals surface area contributed by atoms with Crippen LogP contribution in [-0.4, -0.2) is 53.4 Å². The van der Waals surface area contributed by atoms with E-state index in [0.717, 1.165) is 38.9 Å². The summed E-state index contributed by atoms with van der Waals surface area (Å²) in [5.74, 6) is 0.0855. The molecule has 0 aromatic heterocycles. The molecule has 1 unspecified atom stereocenters. The number of benzene rings is 3. The van der Waals surface area contributed by atoms with E-state index in [2.05, 4.69) is 45.9 Å². The van der Waals surface area contributed by atoms with Gasteiger partial charge in [0.05, 0.1) is 30.2 Å². The smallest absolute Gasteiger partial charge is 0.251 e. The van der Waals surface area contributed by atoms with Gasteiger partial charge in [-0.2, -0.15) is 4.31 Å². The Morgan fingerprint density at radius 2 is 1.91 bits per heavy atom. The number of anilines is 2. The molecule has 0 aliphatic carbocycles. The van der Waals surface area contributed by atoms with Crippen molar-refractivity contribution in [3.63, 3.8) is 0 Å². The van der Waals surface area contributed by atoms with Crippen LogP contribution in [0.15, 0.2) is 78.7 Å². The summed E-state index contributed by atoms with van der Waals surface area (Å²) in [6.45, 7) is 3.96. The Bertz CT molecular complexity index is 1470. The lowest BCUT2D eigenvalue weighted by atomic mass is 9.90. The maximum Gasteiger partial charge on any atom is 0.251 e. The number of hydrogen-bond donors (Lipinski definition) is 2. The fourth-order valence-electron chi connectivity index (χ4n) is 6.02. The molecule has 43 heavy (non-hydrogen) atoms. The third-order valence-electron chi connectivity index (χ3n) is 8.43. The monoisotopic (exact) mass is 622 g/mol. The molecule has 6 rings (SSSR count). The van der Waals surface area contributed by atoms with Gasteiger partial charge in [0.2, 0.25) is 0 Å². The number of fused-ring (bicyclic) bond motifs is 2. The van der Waals surface area contributed by atoms with Crippen molar-refractivity contribution in [1.29, 1.82) is 0 Å². The Labute approximate surface area is 260 Å². The van der Waals surface area contributed by atoms with Crippen LogP contribution in [0.3, 0.4) is 0 Å². The number of carbonyl (C=O) groups is 1. The van der Waals surface area contributed by atoms with Crippen LogP contribution in [0.1, 0.15) is 40.7 Å². The molecule has 3 aromatic rings. The first-order valence-corrected chi connectivity index (χ1v) is 16.4. The van der Waals surface area contributed by atoms with Gasteiger partial charge >= 0.3 is 0 Å². The second kappa shape index (κ2) is 13.6. The normalized spacial score (nSPS) is 20.6. The Hall–Kier alpha value is -3.24. The first-order chi connectivity index (χ1) is 20.9. The lowest BCUT2D eigenvalue weighted by Gasteiger charge is -2.32. The van der Waals surface area contributed by atoms with E-state index in [0.29, 0.717) is 58.7 Å². The van der Waals surface area contributed by atoms with Gasteiger partial charge in [0.1, 0.15) is 23.5 Å². The Balaban J connectivity index is 1.12. The van der Waals surface area contributed by atoms with Crippen LogP contribution in [0.2, 0.25) is 5.02 Å². The van der Waals surface area contributed by atoms with Gasteiger partial charge in [0.15, 0.2) is 5.25 Å². The van der Waals surface area contributed by atoms with Crippen LogP contribution >= 0.6 is 11.6 Å². The minimum absolute atomic E-state index is 0.119. The summed E-state index contributed by atoms with van der Waals surface area (Å²) in [7, 11) is 0. The van der Waals surface area contributed by atoms with Crippen molar-refractivity contribution >= 4 is 40.2 Å². The molecule has 0 saturated carbocycles. The second-order valence-electron chi connectivity index (χ2n) is 11.4. The van der Waals surface area contributed by atoms with Crippen molar-refractivity contribution in [3.05, 3.63) is 106 Å². The molecule has 2 atom stereocenters. The number of carbonyl (C=O) groups excluding carboxylic acids is 1. The van der Waals surface area contributed by atoms with Gasteiger partial charge in [-0.15, -0.1) is 0 Å². The van der Waals surface area contributed by atoms with Crippen molar-refractivity contribution in [2.45, 2.75) is 37.5 Å². The zero-order chi connectivity index (χ0) is 29.8. The van der Waals surface area contributed by atoms with Crippen molar-refractivity contribution in [3.8, 4) is 0 Å². The number of likely N-dealkylation sites (tertiary alicyclic amines) is 1. The van der Waals surface area contributed by atoms with E-state index < -0.39 is 17.2 Å². The number of hydrogen-bond acceptors (Lipinski definition) is 6. The highest BCUT2D eigenvalue weighted by Gasteiger charge is 2.40. The van der Waals surface area contributed by atoms with Crippen molar-refractivity contribution < 1.29 is 18.5 Å². The zero-order valence-corrected chi connectivity index (χ0v) is 25.5. The average Bonchev–Trinajstić information content (AvgIpc) is 3.14. The van der Waals surface area contributed by atoms with E-state index in [4.69, 9.17) is 16.3 Å². The van der Waals surface area contributed by atoms with Gasteiger partial charge in [-0.3, -0.25) is 4.79 Å². The molecule has 226 valence electrons. The molecule has 0 bridgehead atoms. The van der Waals surface area contributed by atoms with E-state index in [-0.39, 0.29) is 17.7 Å². The van der Waals surface area contributed by atoms with Crippen LogP contribution < -0.4 is 14.9 Å². The number of rotatable bonds is 8. The molecule has 3 aliphatic rings.